The number of urea groups is 1. The third kappa shape index (κ3) is 5.28. The summed E-state index contributed by atoms with van der Waals surface area (Å²) >= 11 is 1.42. The van der Waals surface area contributed by atoms with Gasteiger partial charge < -0.3 is 24.6 Å². The van der Waals surface area contributed by atoms with Crippen LogP contribution < -0.4 is 19.7 Å². The Morgan fingerprint density at radius 3 is 2.31 bits per heavy atom. The number of methoxy groups -OCH3 is 2. The Balaban J connectivity index is 1.32. The first-order valence-corrected chi connectivity index (χ1v) is 11.2. The number of aromatic nitrogens is 2. The molecule has 8 nitrogen and oxygen atoms in total. The van der Waals surface area contributed by atoms with Crippen LogP contribution in [0.5, 0.6) is 11.5 Å². The predicted molar refractivity (Wildman–Crippen MR) is 126 cm³/mol. The Morgan fingerprint density at radius 2 is 1.69 bits per heavy atom. The molecule has 1 aliphatic heterocycles. The molecule has 0 spiro atoms. The van der Waals surface area contributed by atoms with Crippen molar-refractivity contribution in [2.24, 2.45) is 0 Å². The Hall–Kier alpha value is -3.33. The molecule has 168 valence electrons. The van der Waals surface area contributed by atoms with Crippen molar-refractivity contribution in [1.82, 2.24) is 14.3 Å². The van der Waals surface area contributed by atoms with Crippen molar-refractivity contribution in [3.63, 3.8) is 0 Å². The summed E-state index contributed by atoms with van der Waals surface area (Å²) in [7, 11) is 3.17. The lowest BCUT2D eigenvalue weighted by atomic mass is 10.1. The molecular weight excluding hydrogens is 426 g/mol. The second-order valence-electron chi connectivity index (χ2n) is 7.66. The second-order valence-corrected chi connectivity index (χ2v) is 8.39. The standard InChI is InChI=1S/C23H27N5O3S/c1-16-4-6-17(7-5-16)12-21-25-23(32-26-21)28-10-8-27(9-11-28)22(29)24-18-13-19(30-2)15-20(14-18)31-3/h4-7,13-15H,8-12H2,1-3H3,(H,24,29). The summed E-state index contributed by atoms with van der Waals surface area (Å²) in [6, 6.07) is 13.6. The van der Waals surface area contributed by atoms with E-state index in [2.05, 4.69) is 45.8 Å². The zero-order chi connectivity index (χ0) is 22.5. The van der Waals surface area contributed by atoms with E-state index in [4.69, 9.17) is 14.5 Å². The van der Waals surface area contributed by atoms with Gasteiger partial charge in [0.2, 0.25) is 5.13 Å². The van der Waals surface area contributed by atoms with Crippen molar-refractivity contribution in [3.8, 4) is 11.5 Å². The number of nitrogens with zero attached hydrogens (tertiary/aromatic N) is 4. The molecule has 0 atom stereocenters. The van der Waals surface area contributed by atoms with E-state index in [1.54, 1.807) is 37.3 Å². The zero-order valence-electron chi connectivity index (χ0n) is 18.5. The van der Waals surface area contributed by atoms with Crippen LogP contribution in [0.1, 0.15) is 17.0 Å². The number of amides is 2. The van der Waals surface area contributed by atoms with Crippen LogP contribution in [0, 0.1) is 6.92 Å². The van der Waals surface area contributed by atoms with Crippen molar-refractivity contribution >= 4 is 28.4 Å². The number of benzene rings is 2. The molecule has 1 N–H and O–H groups in total. The van der Waals surface area contributed by atoms with Crippen LogP contribution in [-0.2, 0) is 6.42 Å². The maximum absolute atomic E-state index is 12.7. The summed E-state index contributed by atoms with van der Waals surface area (Å²) in [5.74, 6) is 2.09. The van der Waals surface area contributed by atoms with Gasteiger partial charge >= 0.3 is 6.03 Å². The van der Waals surface area contributed by atoms with Gasteiger partial charge in [0, 0.05) is 68.0 Å². The Bertz CT molecular complexity index is 1040. The van der Waals surface area contributed by atoms with Gasteiger partial charge in [-0.25, -0.2) is 9.78 Å². The first-order valence-electron chi connectivity index (χ1n) is 10.5. The van der Waals surface area contributed by atoms with E-state index < -0.39 is 0 Å². The number of nitrogens with one attached hydrogen (secondary N) is 1. The predicted octanol–water partition coefficient (Wildman–Crippen LogP) is 3.81. The van der Waals surface area contributed by atoms with E-state index in [-0.39, 0.29) is 6.03 Å². The lowest BCUT2D eigenvalue weighted by molar-refractivity contribution is 0.208. The molecule has 0 unspecified atom stereocenters. The van der Waals surface area contributed by atoms with E-state index >= 15 is 0 Å². The monoisotopic (exact) mass is 453 g/mol. The SMILES string of the molecule is COc1cc(NC(=O)N2CCN(c3nc(Cc4ccc(C)cc4)ns3)CC2)cc(OC)c1. The fourth-order valence-corrected chi connectivity index (χ4v) is 4.25. The average molecular weight is 454 g/mol. The fraction of sp³-hybridized carbons (Fsp3) is 0.348. The van der Waals surface area contributed by atoms with Gasteiger partial charge in [0.25, 0.3) is 0 Å². The zero-order valence-corrected chi connectivity index (χ0v) is 19.3. The van der Waals surface area contributed by atoms with Crippen LogP contribution in [0.4, 0.5) is 15.6 Å². The quantitative estimate of drug-likeness (QED) is 0.611. The molecule has 0 bridgehead atoms. The molecule has 3 aromatic rings. The smallest absolute Gasteiger partial charge is 0.321 e. The third-order valence-corrected chi connectivity index (χ3v) is 6.20. The van der Waals surface area contributed by atoms with Crippen molar-refractivity contribution in [3.05, 3.63) is 59.4 Å². The third-order valence-electron chi connectivity index (χ3n) is 5.38. The molecule has 0 radical (unpaired) electrons. The second kappa shape index (κ2) is 9.86. The molecule has 4 rings (SSSR count). The van der Waals surface area contributed by atoms with Gasteiger partial charge in [0.1, 0.15) is 17.3 Å². The van der Waals surface area contributed by atoms with Crippen LogP contribution in [0.2, 0.25) is 0 Å². The molecule has 0 saturated carbocycles. The molecule has 0 aliphatic carbocycles. The van der Waals surface area contributed by atoms with Crippen LogP contribution in [0.25, 0.3) is 0 Å². The van der Waals surface area contributed by atoms with Crippen LogP contribution in [0.3, 0.4) is 0 Å². The minimum atomic E-state index is -0.141. The number of ether oxygens (including phenoxy) is 2. The van der Waals surface area contributed by atoms with E-state index in [9.17, 15) is 4.79 Å². The lowest BCUT2D eigenvalue weighted by Gasteiger charge is -2.34. The molecule has 1 fully saturated rings. The largest absolute Gasteiger partial charge is 0.497 e. The number of anilines is 2. The van der Waals surface area contributed by atoms with Gasteiger partial charge in [-0.05, 0) is 12.5 Å². The summed E-state index contributed by atoms with van der Waals surface area (Å²) in [5.41, 5.74) is 3.09. The average Bonchev–Trinajstić information content (AvgIpc) is 3.28. The summed E-state index contributed by atoms with van der Waals surface area (Å²) < 4.78 is 15.1. The van der Waals surface area contributed by atoms with Gasteiger partial charge in [-0.3, -0.25) is 0 Å². The van der Waals surface area contributed by atoms with Gasteiger partial charge in [-0.15, -0.1) is 0 Å². The highest BCUT2D eigenvalue weighted by atomic mass is 32.1. The Morgan fingerprint density at radius 1 is 1.03 bits per heavy atom. The molecule has 2 aromatic carbocycles. The van der Waals surface area contributed by atoms with Crippen molar-refractivity contribution in [2.45, 2.75) is 13.3 Å². The number of hydrogen-bond donors (Lipinski definition) is 1. The number of carbonyl (C=O) groups is 1. The van der Waals surface area contributed by atoms with Crippen molar-refractivity contribution < 1.29 is 14.3 Å². The minimum Gasteiger partial charge on any atom is -0.497 e. The first-order chi connectivity index (χ1) is 15.5. The van der Waals surface area contributed by atoms with Crippen LogP contribution >= 0.6 is 11.5 Å². The molecule has 2 heterocycles. The fourth-order valence-electron chi connectivity index (χ4n) is 3.52. The van der Waals surface area contributed by atoms with Crippen molar-refractivity contribution in [1.29, 1.82) is 0 Å². The van der Waals surface area contributed by atoms with E-state index in [1.165, 1.54) is 22.7 Å². The number of piperazine rings is 1. The Kier molecular flexibility index (Phi) is 6.75. The van der Waals surface area contributed by atoms with Gasteiger partial charge in [0.05, 0.1) is 14.2 Å². The van der Waals surface area contributed by atoms with E-state index in [0.29, 0.717) is 43.4 Å². The summed E-state index contributed by atoms with van der Waals surface area (Å²) in [4.78, 5) is 21.4. The lowest BCUT2D eigenvalue weighted by Crippen LogP contribution is -2.50. The molecule has 1 saturated heterocycles. The number of aryl methyl sites for hydroxylation is 1. The molecule has 32 heavy (non-hydrogen) atoms. The maximum atomic E-state index is 12.7. The van der Waals surface area contributed by atoms with Crippen LogP contribution in [-0.4, -0.2) is 60.7 Å². The molecule has 1 aliphatic rings. The van der Waals surface area contributed by atoms with Crippen molar-refractivity contribution in [2.75, 3.05) is 50.6 Å². The maximum Gasteiger partial charge on any atom is 0.321 e. The van der Waals surface area contributed by atoms with E-state index in [0.717, 1.165) is 17.4 Å². The van der Waals surface area contributed by atoms with E-state index in [1.807, 2.05) is 0 Å². The first kappa shape index (κ1) is 21.9. The minimum absolute atomic E-state index is 0.141. The number of rotatable bonds is 6. The summed E-state index contributed by atoms with van der Waals surface area (Å²) in [6.07, 6.45) is 0.725. The molecule has 2 amide bonds. The summed E-state index contributed by atoms with van der Waals surface area (Å²) in [5, 5.41) is 3.84. The van der Waals surface area contributed by atoms with Crippen LogP contribution in [0.15, 0.2) is 42.5 Å². The van der Waals surface area contributed by atoms with Gasteiger partial charge in [-0.1, -0.05) is 29.8 Å². The normalized spacial score (nSPS) is 13.7. The number of hydrogen-bond acceptors (Lipinski definition) is 7. The highest BCUT2D eigenvalue weighted by Crippen LogP contribution is 2.26. The molecular formula is C23H27N5O3S. The molecule has 9 heteroatoms. The van der Waals surface area contributed by atoms with Gasteiger partial charge in [-0.2, -0.15) is 4.37 Å². The summed E-state index contributed by atoms with van der Waals surface area (Å²) in [6.45, 7) is 4.73. The highest BCUT2D eigenvalue weighted by Gasteiger charge is 2.23. The van der Waals surface area contributed by atoms with Gasteiger partial charge in [0.15, 0.2) is 0 Å². The molecule has 1 aromatic heterocycles. The highest BCUT2D eigenvalue weighted by molar-refractivity contribution is 7.09. The number of carbonyl (C=O) groups excluding carboxylic acids is 1. The Labute approximate surface area is 192 Å². The topological polar surface area (TPSA) is 79.8 Å².